The van der Waals surface area contributed by atoms with Crippen molar-refractivity contribution < 1.29 is 18.5 Å². The Kier molecular flexibility index (Phi) is 4.89. The van der Waals surface area contributed by atoms with Crippen LogP contribution >= 0.6 is 11.6 Å². The van der Waals surface area contributed by atoms with Crippen molar-refractivity contribution in [1.82, 2.24) is 9.78 Å². The number of amides is 1. The average molecular weight is 345 g/mol. The fourth-order valence-corrected chi connectivity index (χ4v) is 2.12. The normalized spacial score (nSPS) is 10.8. The van der Waals surface area contributed by atoms with Crippen molar-refractivity contribution in [1.29, 1.82) is 0 Å². The summed E-state index contributed by atoms with van der Waals surface area (Å²) in [5, 5.41) is 16.6. The lowest BCUT2D eigenvalue weighted by molar-refractivity contribution is -0.383. The van der Waals surface area contributed by atoms with Gasteiger partial charge in [-0.05, 0) is 13.0 Å². The molecule has 0 saturated carbocycles. The molecule has 0 atom stereocenters. The highest BCUT2D eigenvalue weighted by molar-refractivity contribution is 6.31. The molecule has 10 heteroatoms. The number of nitrogens with one attached hydrogen (secondary N) is 1. The minimum Gasteiger partial charge on any atom is -0.319 e. The summed E-state index contributed by atoms with van der Waals surface area (Å²) in [6.45, 7) is 1.05. The van der Waals surface area contributed by atoms with E-state index in [9.17, 15) is 23.7 Å². The second-order valence-electron chi connectivity index (χ2n) is 4.57. The van der Waals surface area contributed by atoms with Gasteiger partial charge in [-0.1, -0.05) is 23.7 Å². The van der Waals surface area contributed by atoms with E-state index in [1.165, 1.54) is 31.2 Å². The van der Waals surface area contributed by atoms with Crippen LogP contribution in [0.4, 0.5) is 20.2 Å². The molecule has 1 N–H and O–H groups in total. The summed E-state index contributed by atoms with van der Waals surface area (Å²) in [7, 11) is 0. The predicted molar refractivity (Wildman–Crippen MR) is 78.7 cm³/mol. The number of hydrogen-bond donors (Lipinski definition) is 1. The molecule has 0 aliphatic carbocycles. The van der Waals surface area contributed by atoms with E-state index < -0.39 is 29.5 Å². The summed E-state index contributed by atoms with van der Waals surface area (Å²) in [5.74, 6) is -0.651. The Morgan fingerprint density at radius 2 is 2.13 bits per heavy atom. The van der Waals surface area contributed by atoms with E-state index in [-0.39, 0.29) is 22.1 Å². The smallest absolute Gasteiger partial charge is 0.292 e. The van der Waals surface area contributed by atoms with Crippen molar-refractivity contribution in [3.8, 4) is 0 Å². The highest BCUT2D eigenvalue weighted by Crippen LogP contribution is 2.28. The highest BCUT2D eigenvalue weighted by Gasteiger charge is 2.22. The quantitative estimate of drug-likeness (QED) is 0.665. The molecule has 0 aliphatic heterocycles. The number of halogens is 3. The van der Waals surface area contributed by atoms with Gasteiger partial charge in [0.05, 0.1) is 15.6 Å². The van der Waals surface area contributed by atoms with Crippen molar-refractivity contribution in [2.45, 2.75) is 19.9 Å². The number of carbonyl (C=O) groups is 1. The number of carbonyl (C=O) groups excluding carboxylic acids is 1. The van der Waals surface area contributed by atoms with Crippen LogP contribution in [0, 0.1) is 17.0 Å². The zero-order valence-electron chi connectivity index (χ0n) is 11.8. The van der Waals surface area contributed by atoms with Gasteiger partial charge in [-0.2, -0.15) is 5.10 Å². The van der Waals surface area contributed by atoms with E-state index in [1.807, 2.05) is 0 Å². The number of nitrogens with zero attached hydrogens (tertiary/aromatic N) is 3. The third kappa shape index (κ3) is 3.62. The first-order valence-electron chi connectivity index (χ1n) is 6.35. The molecule has 0 radical (unpaired) electrons. The first kappa shape index (κ1) is 16.8. The molecule has 0 aliphatic rings. The number of anilines is 1. The Balaban J connectivity index is 2.18. The van der Waals surface area contributed by atoms with Gasteiger partial charge in [-0.3, -0.25) is 19.6 Å². The zero-order chi connectivity index (χ0) is 17.1. The number of aromatic nitrogens is 2. The molecule has 2 rings (SSSR count). The van der Waals surface area contributed by atoms with Crippen molar-refractivity contribution in [3.05, 3.63) is 50.8 Å². The van der Waals surface area contributed by atoms with Crippen LogP contribution in [0.3, 0.4) is 0 Å². The first-order valence-corrected chi connectivity index (χ1v) is 6.73. The second kappa shape index (κ2) is 6.69. The molecule has 23 heavy (non-hydrogen) atoms. The van der Waals surface area contributed by atoms with Gasteiger partial charge in [-0.25, -0.2) is 8.78 Å². The van der Waals surface area contributed by atoms with E-state index in [1.54, 1.807) is 0 Å². The zero-order valence-corrected chi connectivity index (χ0v) is 12.6. The van der Waals surface area contributed by atoms with Crippen molar-refractivity contribution in [2.75, 3.05) is 5.32 Å². The SMILES string of the molecule is Cc1c(Cl)c(C(F)F)nn1CC(=O)Nc1ccccc1[N+](=O)[O-]. The Morgan fingerprint density at radius 3 is 2.70 bits per heavy atom. The molecule has 0 bridgehead atoms. The van der Waals surface area contributed by atoms with Gasteiger partial charge < -0.3 is 5.32 Å². The maximum absolute atomic E-state index is 12.7. The topological polar surface area (TPSA) is 90.1 Å². The van der Waals surface area contributed by atoms with Gasteiger partial charge in [0.15, 0.2) is 0 Å². The molecule has 0 unspecified atom stereocenters. The summed E-state index contributed by atoms with van der Waals surface area (Å²) in [6, 6.07) is 5.58. The van der Waals surface area contributed by atoms with Gasteiger partial charge in [0, 0.05) is 6.07 Å². The molecule has 7 nitrogen and oxygen atoms in total. The largest absolute Gasteiger partial charge is 0.319 e. The number of nitro groups is 1. The third-order valence-corrected chi connectivity index (χ3v) is 3.50. The van der Waals surface area contributed by atoms with Gasteiger partial charge in [0.25, 0.3) is 12.1 Å². The van der Waals surface area contributed by atoms with Crippen LogP contribution in [0.15, 0.2) is 24.3 Å². The molecule has 0 saturated heterocycles. The number of para-hydroxylation sites is 2. The van der Waals surface area contributed by atoms with Crippen LogP contribution in [-0.4, -0.2) is 20.6 Å². The number of alkyl halides is 2. The molecule has 1 aromatic heterocycles. The monoisotopic (exact) mass is 344 g/mol. The van der Waals surface area contributed by atoms with Crippen LogP contribution in [-0.2, 0) is 11.3 Å². The van der Waals surface area contributed by atoms with Gasteiger partial charge in [-0.15, -0.1) is 0 Å². The lowest BCUT2D eigenvalue weighted by Crippen LogP contribution is -2.21. The first-order chi connectivity index (χ1) is 10.8. The van der Waals surface area contributed by atoms with Gasteiger partial charge in [0.1, 0.15) is 17.9 Å². The molecule has 1 amide bonds. The van der Waals surface area contributed by atoms with Crippen molar-refractivity contribution >= 4 is 28.9 Å². The van der Waals surface area contributed by atoms with Gasteiger partial charge in [0.2, 0.25) is 5.91 Å². The van der Waals surface area contributed by atoms with Crippen molar-refractivity contribution in [3.63, 3.8) is 0 Å². The maximum Gasteiger partial charge on any atom is 0.292 e. The summed E-state index contributed by atoms with van der Waals surface area (Å²) >= 11 is 5.74. The number of nitro benzene ring substituents is 1. The number of hydrogen-bond acceptors (Lipinski definition) is 4. The third-order valence-electron chi connectivity index (χ3n) is 3.03. The highest BCUT2D eigenvalue weighted by atomic mass is 35.5. The molecule has 1 aromatic carbocycles. The van der Waals surface area contributed by atoms with Crippen LogP contribution in [0.5, 0.6) is 0 Å². The Bertz CT molecular complexity index is 764. The van der Waals surface area contributed by atoms with Gasteiger partial charge >= 0.3 is 0 Å². The Hall–Kier alpha value is -2.55. The number of benzene rings is 1. The van der Waals surface area contributed by atoms with E-state index in [4.69, 9.17) is 11.6 Å². The van der Waals surface area contributed by atoms with Crippen LogP contribution in [0.25, 0.3) is 0 Å². The summed E-state index contributed by atoms with van der Waals surface area (Å²) in [5.41, 5.74) is -0.667. The lowest BCUT2D eigenvalue weighted by atomic mass is 10.2. The molecular weight excluding hydrogens is 334 g/mol. The van der Waals surface area contributed by atoms with E-state index in [0.717, 1.165) is 4.68 Å². The fraction of sp³-hybridized carbons (Fsp3) is 0.231. The summed E-state index contributed by atoms with van der Waals surface area (Å²) in [4.78, 5) is 22.2. The average Bonchev–Trinajstić information content (AvgIpc) is 2.76. The van der Waals surface area contributed by atoms with Crippen molar-refractivity contribution in [2.24, 2.45) is 0 Å². The van der Waals surface area contributed by atoms with Crippen LogP contribution in [0.1, 0.15) is 17.8 Å². The second-order valence-corrected chi connectivity index (χ2v) is 4.94. The lowest BCUT2D eigenvalue weighted by Gasteiger charge is -2.07. The molecule has 1 heterocycles. The number of rotatable bonds is 5. The summed E-state index contributed by atoms with van der Waals surface area (Å²) < 4.78 is 26.4. The van der Waals surface area contributed by atoms with E-state index in [0.29, 0.717) is 0 Å². The molecule has 0 spiro atoms. The standard InChI is InChI=1S/C13H11ClF2N4O3/c1-7-11(14)12(13(15)16)18-19(7)6-10(21)17-8-4-2-3-5-9(8)20(22)23/h2-5,13H,6H2,1H3,(H,17,21). The summed E-state index contributed by atoms with van der Waals surface area (Å²) in [6.07, 6.45) is -2.86. The van der Waals surface area contributed by atoms with Crippen LogP contribution in [0.2, 0.25) is 5.02 Å². The molecule has 122 valence electrons. The maximum atomic E-state index is 12.7. The fourth-order valence-electron chi connectivity index (χ4n) is 1.91. The van der Waals surface area contributed by atoms with Crippen LogP contribution < -0.4 is 5.32 Å². The van der Waals surface area contributed by atoms with E-state index in [2.05, 4.69) is 10.4 Å². The Morgan fingerprint density at radius 1 is 1.48 bits per heavy atom. The molecular formula is C13H11ClF2N4O3. The van der Waals surface area contributed by atoms with E-state index >= 15 is 0 Å². The molecule has 2 aromatic rings. The minimum atomic E-state index is -2.86. The molecule has 0 fully saturated rings. The predicted octanol–water partition coefficient (Wildman–Crippen LogP) is 3.33. The minimum absolute atomic E-state index is 0.00693. The Labute approximate surface area is 134 Å².